The average molecular weight is 395 g/mol. The van der Waals surface area contributed by atoms with Crippen LogP contribution in [-0.2, 0) is 14.9 Å². The van der Waals surface area contributed by atoms with Gasteiger partial charge >= 0.3 is 0 Å². The number of rotatable bonds is 4. The van der Waals surface area contributed by atoms with E-state index >= 15 is 0 Å². The quantitative estimate of drug-likeness (QED) is 0.336. The number of nitrogens with zero attached hydrogens (tertiary/aromatic N) is 1. The van der Waals surface area contributed by atoms with Crippen LogP contribution in [0.5, 0.6) is 0 Å². The minimum atomic E-state index is -4.80. The van der Waals surface area contributed by atoms with E-state index in [0.29, 0.717) is 0 Å². The Morgan fingerprint density at radius 2 is 1.23 bits per heavy atom. The molecule has 26 heavy (non-hydrogen) atoms. The molecule has 0 heterocycles. The van der Waals surface area contributed by atoms with E-state index in [2.05, 4.69) is 0 Å². The summed E-state index contributed by atoms with van der Waals surface area (Å²) in [5.41, 5.74) is -3.07. The summed E-state index contributed by atoms with van der Waals surface area (Å²) in [6.45, 7) is 4.02. The zero-order valence-corrected chi connectivity index (χ0v) is 14.7. The van der Waals surface area contributed by atoms with E-state index in [4.69, 9.17) is 4.84 Å². The lowest BCUT2D eigenvalue weighted by atomic mass is 10.2. The second-order valence-electron chi connectivity index (χ2n) is 6.17. The summed E-state index contributed by atoms with van der Waals surface area (Å²) in [5.74, 6) is -11.6. The van der Waals surface area contributed by atoms with Crippen molar-refractivity contribution in [3.63, 3.8) is 0 Å². The molecule has 10 heteroatoms. The molecule has 0 aliphatic carbocycles. The minimum absolute atomic E-state index is 0.279. The number of anilines is 1. The third-order valence-corrected chi connectivity index (χ3v) is 4.55. The predicted molar refractivity (Wildman–Crippen MR) is 83.2 cm³/mol. The highest BCUT2D eigenvalue weighted by Gasteiger charge is 2.38. The molecule has 2 aromatic rings. The lowest BCUT2D eigenvalue weighted by Gasteiger charge is -2.30. The fourth-order valence-corrected chi connectivity index (χ4v) is 3.32. The number of sulfonamides is 1. The van der Waals surface area contributed by atoms with Crippen molar-refractivity contribution in [2.75, 3.05) is 4.47 Å². The molecule has 2 rings (SSSR count). The van der Waals surface area contributed by atoms with Crippen molar-refractivity contribution in [1.82, 2.24) is 0 Å². The standard InChI is InChI=1S/C16H14F5NO3S/c1-16(2,3)25-22(26(23,24)9-7-5-4-6-8-9)15-13(20)11(18)10(17)12(19)14(15)21/h4-8H,1-3H3. The smallest absolute Gasteiger partial charge is 0.253 e. The molecular weight excluding hydrogens is 381 g/mol. The Morgan fingerprint density at radius 1 is 0.808 bits per heavy atom. The van der Waals surface area contributed by atoms with E-state index < -0.39 is 55.3 Å². The maximum atomic E-state index is 14.2. The van der Waals surface area contributed by atoms with Crippen molar-refractivity contribution < 1.29 is 35.2 Å². The van der Waals surface area contributed by atoms with Gasteiger partial charge in [-0.1, -0.05) is 18.2 Å². The Morgan fingerprint density at radius 3 is 1.65 bits per heavy atom. The van der Waals surface area contributed by atoms with Gasteiger partial charge in [0.25, 0.3) is 10.0 Å². The van der Waals surface area contributed by atoms with Crippen molar-refractivity contribution in [1.29, 1.82) is 0 Å². The first-order chi connectivity index (χ1) is 11.9. The Balaban J connectivity index is 2.81. The van der Waals surface area contributed by atoms with Gasteiger partial charge in [-0.3, -0.25) is 4.84 Å². The predicted octanol–water partition coefficient (Wildman–Crippen LogP) is 4.31. The van der Waals surface area contributed by atoms with Gasteiger partial charge in [-0.15, -0.1) is 4.47 Å². The largest absolute Gasteiger partial charge is 0.286 e. The van der Waals surface area contributed by atoms with Crippen LogP contribution in [0, 0.1) is 29.1 Å². The van der Waals surface area contributed by atoms with Gasteiger partial charge in [0.05, 0.1) is 10.5 Å². The molecule has 0 unspecified atom stereocenters. The highest BCUT2D eigenvalue weighted by molar-refractivity contribution is 7.92. The third-order valence-electron chi connectivity index (χ3n) is 2.99. The molecule has 0 aliphatic rings. The van der Waals surface area contributed by atoms with Crippen LogP contribution in [0.4, 0.5) is 27.6 Å². The molecule has 0 N–H and O–H groups in total. The summed E-state index contributed by atoms with van der Waals surface area (Å²) in [5, 5.41) is 0. The molecule has 0 atom stereocenters. The molecule has 4 nitrogen and oxygen atoms in total. The molecule has 0 amide bonds. The molecule has 0 bridgehead atoms. The average Bonchev–Trinajstić information content (AvgIpc) is 2.57. The van der Waals surface area contributed by atoms with Crippen LogP contribution in [0.25, 0.3) is 0 Å². The summed E-state index contributed by atoms with van der Waals surface area (Å²) in [7, 11) is -4.80. The van der Waals surface area contributed by atoms with Gasteiger partial charge in [0.2, 0.25) is 5.82 Å². The highest BCUT2D eigenvalue weighted by atomic mass is 32.2. The van der Waals surface area contributed by atoms with Crippen LogP contribution in [0.15, 0.2) is 35.2 Å². The third kappa shape index (κ3) is 3.65. The number of benzene rings is 2. The molecule has 0 aliphatic heterocycles. The summed E-state index contributed by atoms with van der Waals surface area (Å²) < 4.78 is 93.9. The maximum absolute atomic E-state index is 14.2. The first-order valence-corrected chi connectivity index (χ1v) is 8.63. The molecule has 0 saturated carbocycles. The SMILES string of the molecule is CC(C)(C)ON(c1c(F)c(F)c(F)c(F)c1F)S(=O)(=O)c1ccccc1. The van der Waals surface area contributed by atoms with Gasteiger partial charge in [0.1, 0.15) is 0 Å². The first kappa shape index (κ1) is 20.1. The van der Waals surface area contributed by atoms with Crippen molar-refractivity contribution in [2.45, 2.75) is 31.3 Å². The van der Waals surface area contributed by atoms with Crippen LogP contribution in [-0.4, -0.2) is 14.0 Å². The van der Waals surface area contributed by atoms with Crippen LogP contribution in [0.1, 0.15) is 20.8 Å². The lowest BCUT2D eigenvalue weighted by Crippen LogP contribution is -2.40. The topological polar surface area (TPSA) is 46.6 Å². The monoisotopic (exact) mass is 395 g/mol. The van der Waals surface area contributed by atoms with Gasteiger partial charge in [0.15, 0.2) is 29.0 Å². The lowest BCUT2D eigenvalue weighted by molar-refractivity contribution is 0.00455. The minimum Gasteiger partial charge on any atom is -0.253 e. The molecule has 0 radical (unpaired) electrons. The maximum Gasteiger partial charge on any atom is 0.286 e. The molecule has 142 valence electrons. The van der Waals surface area contributed by atoms with E-state index in [9.17, 15) is 30.4 Å². The molecule has 0 spiro atoms. The van der Waals surface area contributed by atoms with Crippen molar-refractivity contribution in [3.8, 4) is 0 Å². The van der Waals surface area contributed by atoms with Crippen LogP contribution < -0.4 is 4.47 Å². The van der Waals surface area contributed by atoms with Crippen molar-refractivity contribution >= 4 is 15.7 Å². The second kappa shape index (κ2) is 6.84. The van der Waals surface area contributed by atoms with E-state index in [1.54, 1.807) is 0 Å². The highest BCUT2D eigenvalue weighted by Crippen LogP contribution is 2.35. The van der Waals surface area contributed by atoms with E-state index in [-0.39, 0.29) is 4.47 Å². The van der Waals surface area contributed by atoms with E-state index in [1.165, 1.54) is 39.0 Å². The van der Waals surface area contributed by atoms with Crippen LogP contribution in [0.3, 0.4) is 0 Å². The van der Waals surface area contributed by atoms with Crippen LogP contribution in [0.2, 0.25) is 0 Å². The normalized spacial score (nSPS) is 12.3. The Bertz CT molecular complexity index is 898. The zero-order valence-electron chi connectivity index (χ0n) is 13.9. The van der Waals surface area contributed by atoms with Crippen molar-refractivity contribution in [2.24, 2.45) is 0 Å². The van der Waals surface area contributed by atoms with E-state index in [1.807, 2.05) is 0 Å². The first-order valence-electron chi connectivity index (χ1n) is 7.19. The Kier molecular flexibility index (Phi) is 5.29. The summed E-state index contributed by atoms with van der Waals surface area (Å²) in [6.07, 6.45) is 0. The zero-order chi connectivity index (χ0) is 19.9. The van der Waals surface area contributed by atoms with Gasteiger partial charge in [-0.2, -0.15) is 8.42 Å². The Hall–Kier alpha value is -2.20. The number of hydrogen-bond acceptors (Lipinski definition) is 3. The van der Waals surface area contributed by atoms with Crippen LogP contribution >= 0.6 is 0 Å². The van der Waals surface area contributed by atoms with Gasteiger partial charge in [-0.05, 0) is 32.9 Å². The number of halogens is 5. The van der Waals surface area contributed by atoms with Gasteiger partial charge in [-0.25, -0.2) is 22.0 Å². The fourth-order valence-electron chi connectivity index (χ4n) is 1.91. The molecule has 0 saturated heterocycles. The van der Waals surface area contributed by atoms with Gasteiger partial charge < -0.3 is 0 Å². The number of hydrogen-bond donors (Lipinski definition) is 0. The van der Waals surface area contributed by atoms with Crippen molar-refractivity contribution in [3.05, 3.63) is 59.4 Å². The molecule has 2 aromatic carbocycles. The molecule has 0 fully saturated rings. The van der Waals surface area contributed by atoms with Gasteiger partial charge in [0, 0.05) is 0 Å². The second-order valence-corrected chi connectivity index (χ2v) is 7.92. The van der Waals surface area contributed by atoms with E-state index in [0.717, 1.165) is 12.1 Å². The summed E-state index contributed by atoms with van der Waals surface area (Å²) in [4.78, 5) is 4.60. The fraction of sp³-hybridized carbons (Fsp3) is 0.250. The molecular formula is C16H14F5NO3S. The Labute approximate surface area is 146 Å². The molecule has 0 aromatic heterocycles. The summed E-state index contributed by atoms with van der Waals surface area (Å²) >= 11 is 0. The summed E-state index contributed by atoms with van der Waals surface area (Å²) in [6, 6.07) is 6.29.